The van der Waals surface area contributed by atoms with Gasteiger partial charge in [-0.3, -0.25) is 9.78 Å². The van der Waals surface area contributed by atoms with Crippen LogP contribution in [-0.2, 0) is 0 Å². The Morgan fingerprint density at radius 1 is 1.37 bits per heavy atom. The quantitative estimate of drug-likeness (QED) is 0.655. The second kappa shape index (κ2) is 5.99. The van der Waals surface area contributed by atoms with Crippen LogP contribution in [0.25, 0.3) is 0 Å². The highest BCUT2D eigenvalue weighted by Gasteiger charge is 2.19. The van der Waals surface area contributed by atoms with Crippen LogP contribution < -0.4 is 11.3 Å². The van der Waals surface area contributed by atoms with Gasteiger partial charge >= 0.3 is 0 Å². The molecular weight excluding hydrogens is 260 g/mol. The van der Waals surface area contributed by atoms with Crippen LogP contribution in [0.2, 0.25) is 0 Å². The summed E-state index contributed by atoms with van der Waals surface area (Å²) in [7, 11) is 0. The van der Waals surface area contributed by atoms with E-state index in [1.807, 2.05) is 19.1 Å². The van der Waals surface area contributed by atoms with E-state index in [9.17, 15) is 4.79 Å². The molecule has 0 bridgehead atoms. The SMILES string of the molecule is Cc1cc(=O)[nH]c(SC(c2ccncc2)C(C)N)n1. The minimum atomic E-state index is -0.145. The molecule has 2 unspecified atom stereocenters. The number of hydrogen-bond donors (Lipinski definition) is 2. The van der Waals surface area contributed by atoms with E-state index in [0.717, 1.165) is 5.56 Å². The fourth-order valence-electron chi connectivity index (χ4n) is 1.76. The lowest BCUT2D eigenvalue weighted by Gasteiger charge is -2.19. The van der Waals surface area contributed by atoms with Gasteiger partial charge in [0.15, 0.2) is 5.16 Å². The minimum absolute atomic E-state index is 0.0212. The number of aryl methyl sites for hydroxylation is 1. The Balaban J connectivity index is 2.29. The van der Waals surface area contributed by atoms with Crippen LogP contribution in [-0.4, -0.2) is 21.0 Å². The van der Waals surface area contributed by atoms with E-state index >= 15 is 0 Å². The molecule has 19 heavy (non-hydrogen) atoms. The van der Waals surface area contributed by atoms with Crippen molar-refractivity contribution in [3.8, 4) is 0 Å². The van der Waals surface area contributed by atoms with Crippen LogP contribution >= 0.6 is 11.8 Å². The second-order valence-electron chi connectivity index (χ2n) is 4.37. The van der Waals surface area contributed by atoms with E-state index in [0.29, 0.717) is 10.9 Å². The minimum Gasteiger partial charge on any atom is -0.327 e. The molecule has 0 amide bonds. The molecule has 3 N–H and O–H groups in total. The second-order valence-corrected chi connectivity index (χ2v) is 5.50. The number of nitrogens with two attached hydrogens (primary N) is 1. The van der Waals surface area contributed by atoms with Crippen molar-refractivity contribution in [2.24, 2.45) is 5.73 Å². The van der Waals surface area contributed by atoms with Crippen LogP contribution in [0.1, 0.15) is 23.4 Å². The van der Waals surface area contributed by atoms with Gasteiger partial charge in [0.25, 0.3) is 5.56 Å². The van der Waals surface area contributed by atoms with Gasteiger partial charge < -0.3 is 10.7 Å². The molecule has 0 saturated heterocycles. The Morgan fingerprint density at radius 3 is 2.63 bits per heavy atom. The molecule has 0 radical (unpaired) electrons. The van der Waals surface area contributed by atoms with Gasteiger partial charge in [0, 0.05) is 30.2 Å². The maximum absolute atomic E-state index is 11.4. The lowest BCUT2D eigenvalue weighted by Crippen LogP contribution is -2.23. The van der Waals surface area contributed by atoms with Crippen molar-refractivity contribution in [3.63, 3.8) is 0 Å². The van der Waals surface area contributed by atoms with E-state index < -0.39 is 0 Å². The Hall–Kier alpha value is -1.66. The summed E-state index contributed by atoms with van der Waals surface area (Å²) in [6, 6.07) is 5.25. The molecule has 0 spiro atoms. The van der Waals surface area contributed by atoms with Gasteiger partial charge in [-0.15, -0.1) is 0 Å². The van der Waals surface area contributed by atoms with Crippen molar-refractivity contribution in [2.75, 3.05) is 0 Å². The number of H-pyrrole nitrogens is 1. The number of thioether (sulfide) groups is 1. The first-order valence-corrected chi connectivity index (χ1v) is 6.84. The van der Waals surface area contributed by atoms with Gasteiger partial charge in [-0.05, 0) is 31.5 Å². The Morgan fingerprint density at radius 2 is 2.05 bits per heavy atom. The molecule has 2 aromatic heterocycles. The third kappa shape index (κ3) is 3.65. The van der Waals surface area contributed by atoms with Gasteiger partial charge in [-0.1, -0.05) is 11.8 Å². The number of rotatable bonds is 4. The van der Waals surface area contributed by atoms with Crippen LogP contribution in [0.15, 0.2) is 40.5 Å². The lowest BCUT2D eigenvalue weighted by molar-refractivity contribution is 0.716. The van der Waals surface area contributed by atoms with Crippen LogP contribution in [0.3, 0.4) is 0 Å². The average molecular weight is 276 g/mol. The molecule has 5 nitrogen and oxygen atoms in total. The molecule has 2 atom stereocenters. The predicted octanol–water partition coefficient (Wildman–Crippen LogP) is 1.65. The summed E-state index contributed by atoms with van der Waals surface area (Å²) >= 11 is 1.46. The molecule has 100 valence electrons. The summed E-state index contributed by atoms with van der Waals surface area (Å²) < 4.78 is 0. The fraction of sp³-hybridized carbons (Fsp3) is 0.308. The average Bonchev–Trinajstić information content (AvgIpc) is 2.35. The van der Waals surface area contributed by atoms with E-state index in [-0.39, 0.29) is 16.9 Å². The molecule has 0 fully saturated rings. The lowest BCUT2D eigenvalue weighted by atomic mass is 10.1. The molecule has 2 heterocycles. The van der Waals surface area contributed by atoms with Crippen LogP contribution in [0.5, 0.6) is 0 Å². The molecule has 6 heteroatoms. The third-order valence-corrected chi connectivity index (χ3v) is 3.97. The zero-order valence-electron chi connectivity index (χ0n) is 10.8. The normalized spacial score (nSPS) is 14.1. The summed E-state index contributed by atoms with van der Waals surface area (Å²) in [6.07, 6.45) is 3.47. The monoisotopic (exact) mass is 276 g/mol. The number of aromatic amines is 1. The van der Waals surface area contributed by atoms with Gasteiger partial charge in [0.1, 0.15) is 0 Å². The molecule has 0 aliphatic carbocycles. The largest absolute Gasteiger partial charge is 0.327 e. The number of nitrogens with one attached hydrogen (secondary N) is 1. The molecular formula is C13H16N4OS. The first kappa shape index (κ1) is 13.8. The summed E-state index contributed by atoms with van der Waals surface area (Å²) in [5.74, 6) is 0. The summed E-state index contributed by atoms with van der Waals surface area (Å²) in [4.78, 5) is 22.5. The standard InChI is InChI=1S/C13H16N4OS/c1-8-7-11(18)17-13(16-8)19-12(9(2)14)10-3-5-15-6-4-10/h3-7,9,12H,14H2,1-2H3,(H,16,17,18). The molecule has 2 rings (SSSR count). The Bertz CT molecular complexity index is 597. The summed E-state index contributed by atoms with van der Waals surface area (Å²) in [5.41, 5.74) is 7.65. The molecule has 0 aliphatic heterocycles. The zero-order chi connectivity index (χ0) is 13.8. The fourth-order valence-corrected chi connectivity index (χ4v) is 2.86. The van der Waals surface area contributed by atoms with Crippen molar-refractivity contribution in [1.82, 2.24) is 15.0 Å². The highest BCUT2D eigenvalue weighted by atomic mass is 32.2. The van der Waals surface area contributed by atoms with Crippen LogP contribution in [0, 0.1) is 6.92 Å². The summed E-state index contributed by atoms with van der Waals surface area (Å²) in [5, 5.41) is 0.608. The molecule has 0 saturated carbocycles. The van der Waals surface area contributed by atoms with Gasteiger partial charge in [-0.25, -0.2) is 4.98 Å². The number of nitrogens with zero attached hydrogens (tertiary/aromatic N) is 2. The number of hydrogen-bond acceptors (Lipinski definition) is 5. The first-order valence-electron chi connectivity index (χ1n) is 5.96. The predicted molar refractivity (Wildman–Crippen MR) is 76.1 cm³/mol. The van der Waals surface area contributed by atoms with Crippen molar-refractivity contribution in [1.29, 1.82) is 0 Å². The molecule has 0 aliphatic rings. The van der Waals surface area contributed by atoms with Gasteiger partial charge in [0.2, 0.25) is 0 Å². The van der Waals surface area contributed by atoms with Crippen molar-refractivity contribution in [3.05, 3.63) is 52.2 Å². The van der Waals surface area contributed by atoms with Crippen LogP contribution in [0.4, 0.5) is 0 Å². The van der Waals surface area contributed by atoms with Crippen molar-refractivity contribution >= 4 is 11.8 Å². The molecule has 2 aromatic rings. The van der Waals surface area contributed by atoms with Crippen molar-refractivity contribution < 1.29 is 0 Å². The molecule has 0 aromatic carbocycles. The highest BCUT2D eigenvalue weighted by Crippen LogP contribution is 2.34. The topological polar surface area (TPSA) is 84.7 Å². The third-order valence-electron chi connectivity index (χ3n) is 2.60. The summed E-state index contributed by atoms with van der Waals surface area (Å²) in [6.45, 7) is 3.73. The van der Waals surface area contributed by atoms with E-state index in [1.54, 1.807) is 19.3 Å². The van der Waals surface area contributed by atoms with Gasteiger partial charge in [-0.2, -0.15) is 0 Å². The maximum atomic E-state index is 11.4. The van der Waals surface area contributed by atoms with E-state index in [2.05, 4.69) is 15.0 Å². The van der Waals surface area contributed by atoms with E-state index in [1.165, 1.54) is 17.8 Å². The first-order chi connectivity index (χ1) is 9.06. The Kier molecular flexibility index (Phi) is 4.34. The zero-order valence-corrected chi connectivity index (χ0v) is 11.6. The highest BCUT2D eigenvalue weighted by molar-refractivity contribution is 7.99. The number of pyridine rings is 1. The van der Waals surface area contributed by atoms with E-state index in [4.69, 9.17) is 5.73 Å². The van der Waals surface area contributed by atoms with Gasteiger partial charge in [0.05, 0.1) is 5.25 Å². The van der Waals surface area contributed by atoms with Crippen molar-refractivity contribution in [2.45, 2.75) is 30.3 Å². The smallest absolute Gasteiger partial charge is 0.251 e. The number of aromatic nitrogens is 3. The Labute approximate surface area is 115 Å². The maximum Gasteiger partial charge on any atom is 0.251 e.